The van der Waals surface area contributed by atoms with Gasteiger partial charge in [0.15, 0.2) is 6.04 Å². The van der Waals surface area contributed by atoms with E-state index >= 15 is 4.79 Å². The second kappa shape index (κ2) is 46.9. The van der Waals surface area contributed by atoms with Gasteiger partial charge in [-0.1, -0.05) is 162 Å². The van der Waals surface area contributed by atoms with E-state index in [4.69, 9.17) is 20.9 Å². The number of primary amides is 1. The van der Waals surface area contributed by atoms with E-state index in [-0.39, 0.29) is 70.4 Å². The number of ether oxygens (including phenoxy) is 3. The number of benzene rings is 3. The molecule has 0 fully saturated rings. The quantitative estimate of drug-likeness (QED) is 0.0166. The van der Waals surface area contributed by atoms with Crippen LogP contribution in [0.4, 0.5) is 28.4 Å². The molecule has 0 aliphatic carbocycles. The summed E-state index contributed by atoms with van der Waals surface area (Å²) in [5, 5.41) is 61.4. The van der Waals surface area contributed by atoms with E-state index in [0.717, 1.165) is 6.92 Å². The van der Waals surface area contributed by atoms with Gasteiger partial charge in [0.25, 0.3) is 0 Å². The van der Waals surface area contributed by atoms with Gasteiger partial charge in [0, 0.05) is 18.7 Å². The van der Waals surface area contributed by atoms with Crippen molar-refractivity contribution in [3.05, 3.63) is 102 Å². The summed E-state index contributed by atoms with van der Waals surface area (Å²) in [6, 6.07) is 6.60. The zero-order chi connectivity index (χ0) is 86.8. The number of aliphatic hydroxyl groups is 2. The van der Waals surface area contributed by atoms with Crippen LogP contribution in [0.2, 0.25) is 0 Å². The molecule has 0 radical (unpaired) electrons. The second-order valence-electron chi connectivity index (χ2n) is 31.1. The predicted molar refractivity (Wildman–Crippen MR) is 410 cm³/mol. The minimum absolute atomic E-state index is 0.0117. The fourth-order valence-corrected chi connectivity index (χ4v) is 11.2. The Bertz CT molecular complexity index is 3790. The summed E-state index contributed by atoms with van der Waals surface area (Å²) in [5.41, 5.74) is 12.2. The van der Waals surface area contributed by atoms with Crippen LogP contribution in [0.5, 0.6) is 0 Å². The average Bonchev–Trinajstić information content (AvgIpc) is 0.836. The van der Waals surface area contributed by atoms with Gasteiger partial charge in [-0.3, -0.25) is 52.7 Å². The molecule has 115 heavy (non-hydrogen) atoms. The molecule has 0 aliphatic heterocycles. The largest absolute Gasteiger partial charge is 0.490 e. The Morgan fingerprint density at radius 2 is 0.948 bits per heavy atom. The van der Waals surface area contributed by atoms with Crippen LogP contribution < -0.4 is 75.3 Å². The zero-order valence-electron chi connectivity index (χ0n) is 66.9. The van der Waals surface area contributed by atoms with Gasteiger partial charge in [-0.25, -0.2) is 19.2 Å². The molecule has 0 saturated heterocycles. The summed E-state index contributed by atoms with van der Waals surface area (Å²) in [7, 11) is 0. The van der Waals surface area contributed by atoms with Gasteiger partial charge < -0.3 is 105 Å². The molecular formula is C77H113F3N14O21. The number of hydrogen-bond donors (Lipinski definition) is 17. The molecular weight excluding hydrogens is 1510 g/mol. The Morgan fingerprint density at radius 1 is 0.487 bits per heavy atom. The van der Waals surface area contributed by atoms with Crippen LogP contribution in [-0.4, -0.2) is 203 Å². The first kappa shape index (κ1) is 98.0. The molecule has 0 heterocycles. The number of alkyl carbamates (subject to hydrolysis) is 2. The van der Waals surface area contributed by atoms with Crippen LogP contribution in [0.15, 0.2) is 84.9 Å². The summed E-state index contributed by atoms with van der Waals surface area (Å²) in [6.45, 7) is 18.6. The van der Waals surface area contributed by atoms with E-state index in [1.807, 2.05) is 46.9 Å². The number of aliphatic carboxylic acids is 1. The summed E-state index contributed by atoms with van der Waals surface area (Å²) in [6.07, 6.45) is -12.5. The Kier molecular flexibility index (Phi) is 39.9. The molecule has 0 saturated carbocycles. The number of carbonyl (C=O) groups is 15. The van der Waals surface area contributed by atoms with Crippen molar-refractivity contribution in [2.45, 2.75) is 233 Å². The first-order chi connectivity index (χ1) is 53.6. The van der Waals surface area contributed by atoms with Crippen molar-refractivity contribution in [3.63, 3.8) is 0 Å². The topological polar surface area (TPSA) is 541 Å². The SMILES string of the molecule is CC[C@H](C)[C@H](NC(=O)[C@@H](CCCNC(=O)OCc1ccccc1)NC(=O)[C@H](CC(C)C)NC(=O)[C@@H](NC(=O)[C@H](Cc1cccc(N)c1)NC(=O)[C@H](CC(C)(C)C)NC(=O)[C@@H](CC(C)(C)C)NC(=O)OCc1ccccc1)C(O)C(C)C)C(=O)N[C@H](C(=O)NCC(=O)N[C@@H](CC(N)=O)C(=O)N[C@@H](COC(=O)C(F)(F)F)C(=O)O)[C@H](C)O. The molecule has 638 valence electrons. The minimum atomic E-state index is -5.55. The van der Waals surface area contributed by atoms with Gasteiger partial charge in [0.1, 0.15) is 74.2 Å². The zero-order valence-corrected chi connectivity index (χ0v) is 66.9. The number of hydrogen-bond acceptors (Lipinski definition) is 21. The third kappa shape index (κ3) is 37.1. The lowest BCUT2D eigenvalue weighted by molar-refractivity contribution is -0.200. The van der Waals surface area contributed by atoms with Gasteiger partial charge in [-0.2, -0.15) is 13.2 Å². The standard InChI is InChI=1S/C77H113F3N14O21/c1-14-43(6)58(69(106)93-59(44(7)95)68(105)84-37-57(97)85-52(34-56(82)96)64(101)90-55(71(108)109)40-113-72(110)77(78,79)80)92-62(99)49(29-22-30-83-73(111)114-38-45-23-17-15-18-24-45)86-63(100)50(31-41(2)3)88-70(107)60(61(98)42(4)5)94-65(102)51(33-47-27-21-28-48(81)32-47)87-66(103)53(35-75(8,9)10)89-67(104)54(36-76(11,12)13)91-74(112)115-39-46-25-19-16-20-26-46/h15-21,23-28,32,41-44,49-55,58-61,95,98H,14,22,29-31,33-40,81H2,1-13H3,(H2,82,96)(H,83,111)(H,84,105)(H,85,97)(H,86,100)(H,87,103)(H,88,107)(H,89,104)(H,90,101)(H,91,112)(H,92,99)(H,93,106)(H,94,102)(H,108,109)/t43-,44-,49+,50-,51-,52-,53-,54+,55-,58-,59-,60-,61?/m0/s1. The molecule has 13 atom stereocenters. The van der Waals surface area contributed by atoms with E-state index in [1.54, 1.807) is 105 Å². The number of halogens is 3. The maximum atomic E-state index is 15.0. The number of esters is 1. The van der Waals surface area contributed by atoms with E-state index in [9.17, 15) is 95.6 Å². The number of amides is 13. The molecule has 19 N–H and O–H groups in total. The molecule has 3 aromatic rings. The van der Waals surface area contributed by atoms with Crippen LogP contribution in [0, 0.1) is 28.6 Å². The third-order valence-corrected chi connectivity index (χ3v) is 17.4. The second-order valence-corrected chi connectivity index (χ2v) is 31.1. The van der Waals surface area contributed by atoms with Gasteiger partial charge in [0.05, 0.1) is 25.2 Å². The highest BCUT2D eigenvalue weighted by molar-refractivity contribution is 6.00. The molecule has 0 bridgehead atoms. The molecule has 1 unspecified atom stereocenters. The number of nitrogen functional groups attached to an aromatic ring is 1. The lowest BCUT2D eigenvalue weighted by Gasteiger charge is -2.32. The normalized spacial score (nSPS) is 15.0. The van der Waals surface area contributed by atoms with Gasteiger partial charge in [-0.15, -0.1) is 0 Å². The molecule has 35 nitrogen and oxygen atoms in total. The lowest BCUT2D eigenvalue weighted by atomic mass is 9.86. The molecule has 0 aromatic heterocycles. The number of carboxylic acid groups (broad SMARTS) is 1. The Hall–Kier alpha value is -11.2. The number of nitrogens with two attached hydrogens (primary N) is 2. The average molecular weight is 1630 g/mol. The fraction of sp³-hybridized carbons (Fsp3) is 0.571. The smallest absolute Gasteiger partial charge is 0.480 e. The minimum Gasteiger partial charge on any atom is -0.480 e. The maximum absolute atomic E-state index is 15.0. The summed E-state index contributed by atoms with van der Waals surface area (Å²) >= 11 is 0. The van der Waals surface area contributed by atoms with Crippen molar-refractivity contribution in [1.29, 1.82) is 0 Å². The number of aliphatic hydroxyl groups excluding tert-OH is 2. The van der Waals surface area contributed by atoms with Crippen LogP contribution in [0.25, 0.3) is 0 Å². The highest BCUT2D eigenvalue weighted by Crippen LogP contribution is 2.25. The van der Waals surface area contributed by atoms with Crippen LogP contribution in [0.1, 0.15) is 152 Å². The first-order valence-electron chi connectivity index (χ1n) is 37.5. The van der Waals surface area contributed by atoms with Gasteiger partial charge >= 0.3 is 30.3 Å². The summed E-state index contributed by atoms with van der Waals surface area (Å²) < 4.78 is 52.9. The number of nitrogens with one attached hydrogen (secondary N) is 12. The van der Waals surface area contributed by atoms with E-state index in [0.29, 0.717) is 16.7 Å². The van der Waals surface area contributed by atoms with Crippen molar-refractivity contribution < 1.29 is 115 Å². The molecule has 38 heteroatoms. The van der Waals surface area contributed by atoms with Crippen LogP contribution in [0.3, 0.4) is 0 Å². The monoisotopic (exact) mass is 1630 g/mol. The lowest BCUT2D eigenvalue weighted by Crippen LogP contribution is -2.63. The Labute approximate surface area is 665 Å². The van der Waals surface area contributed by atoms with E-state index in [2.05, 4.69) is 57.9 Å². The van der Waals surface area contributed by atoms with Gasteiger partial charge in [-0.05, 0) is 96.4 Å². The number of carbonyl (C=O) groups excluding carboxylic acids is 14. The molecule has 3 rings (SSSR count). The highest BCUT2D eigenvalue weighted by Gasteiger charge is 2.43. The van der Waals surface area contributed by atoms with Crippen molar-refractivity contribution in [3.8, 4) is 0 Å². The van der Waals surface area contributed by atoms with Crippen molar-refractivity contribution in [1.82, 2.24) is 63.8 Å². The summed E-state index contributed by atoms with van der Waals surface area (Å²) in [5.74, 6) is -19.1. The molecule has 0 spiro atoms. The number of rotatable bonds is 45. The van der Waals surface area contributed by atoms with E-state index in [1.165, 1.54) is 26.8 Å². The Morgan fingerprint density at radius 3 is 1.45 bits per heavy atom. The first-order valence-corrected chi connectivity index (χ1v) is 37.5. The number of carboxylic acids is 1. The van der Waals surface area contributed by atoms with Crippen molar-refractivity contribution >= 4 is 94.8 Å². The maximum Gasteiger partial charge on any atom is 0.490 e. The van der Waals surface area contributed by atoms with Crippen molar-refractivity contribution in [2.75, 3.05) is 25.4 Å². The highest BCUT2D eigenvalue weighted by atomic mass is 19.4. The molecule has 3 aromatic carbocycles. The molecule has 13 amide bonds. The third-order valence-electron chi connectivity index (χ3n) is 17.4. The van der Waals surface area contributed by atoms with Gasteiger partial charge in [0.2, 0.25) is 65.0 Å². The van der Waals surface area contributed by atoms with Crippen molar-refractivity contribution in [2.24, 2.45) is 34.3 Å². The molecule has 0 aliphatic rings. The fourth-order valence-electron chi connectivity index (χ4n) is 11.2. The summed E-state index contributed by atoms with van der Waals surface area (Å²) in [4.78, 5) is 204. The number of alkyl halides is 3. The predicted octanol–water partition coefficient (Wildman–Crippen LogP) is 1.72. The van der Waals surface area contributed by atoms with Crippen LogP contribution in [-0.2, 0) is 96.2 Å². The number of anilines is 1. The van der Waals surface area contributed by atoms with Crippen LogP contribution >= 0.6 is 0 Å². The Balaban J connectivity index is 2.02. The van der Waals surface area contributed by atoms with E-state index < -0.39 is 216 Å².